The number of thioether (sulfide) groups is 1. The first-order valence-corrected chi connectivity index (χ1v) is 7.51. The van der Waals surface area contributed by atoms with Gasteiger partial charge in [0.15, 0.2) is 5.16 Å². The highest BCUT2D eigenvalue weighted by Crippen LogP contribution is 2.37. The molecule has 1 heterocycles. The highest BCUT2D eigenvalue weighted by atomic mass is 32.2. The number of nitrogens with one attached hydrogen (secondary N) is 1. The van der Waals surface area contributed by atoms with Crippen LogP contribution in [-0.2, 0) is 11.8 Å². The zero-order valence-electron chi connectivity index (χ0n) is 11.4. The van der Waals surface area contributed by atoms with Gasteiger partial charge in [-0.2, -0.15) is 0 Å². The Balaban J connectivity index is 2.07. The molecule has 2 unspecified atom stereocenters. The maximum atomic E-state index is 11.8. The first kappa shape index (κ1) is 14.3. The van der Waals surface area contributed by atoms with Crippen molar-refractivity contribution in [2.75, 3.05) is 6.54 Å². The Labute approximate surface area is 117 Å². The average molecular weight is 283 g/mol. The minimum atomic E-state index is -0.552. The number of aryl methyl sites for hydroxylation is 1. The van der Waals surface area contributed by atoms with Crippen LogP contribution in [-0.4, -0.2) is 38.0 Å². The SMILES string of the molecule is CCNC1(C(N)=O)CCCC(Sc2nncn2C)C1. The number of rotatable bonds is 5. The number of hydrogen-bond acceptors (Lipinski definition) is 5. The first-order valence-electron chi connectivity index (χ1n) is 6.63. The first-order chi connectivity index (χ1) is 9.07. The topological polar surface area (TPSA) is 85.8 Å². The summed E-state index contributed by atoms with van der Waals surface area (Å²) in [5.41, 5.74) is 5.06. The standard InChI is InChI=1S/C12H21N5OS/c1-3-14-12(10(13)18)6-4-5-9(7-12)19-11-16-15-8-17(11)2/h8-9,14H,3-7H2,1-2H3,(H2,13,18). The van der Waals surface area contributed by atoms with E-state index in [0.29, 0.717) is 5.25 Å². The van der Waals surface area contributed by atoms with E-state index in [1.54, 1.807) is 18.1 Å². The van der Waals surface area contributed by atoms with E-state index >= 15 is 0 Å². The van der Waals surface area contributed by atoms with Crippen molar-refractivity contribution in [1.82, 2.24) is 20.1 Å². The van der Waals surface area contributed by atoms with Gasteiger partial charge in [0.05, 0.1) is 5.54 Å². The highest BCUT2D eigenvalue weighted by molar-refractivity contribution is 7.99. The van der Waals surface area contributed by atoms with Gasteiger partial charge in [0.25, 0.3) is 0 Å². The van der Waals surface area contributed by atoms with E-state index in [9.17, 15) is 4.79 Å². The van der Waals surface area contributed by atoms with Crippen LogP contribution >= 0.6 is 11.8 Å². The summed E-state index contributed by atoms with van der Waals surface area (Å²) in [4.78, 5) is 11.8. The molecule has 0 aromatic carbocycles. The van der Waals surface area contributed by atoms with Gasteiger partial charge in [-0.05, 0) is 32.2 Å². The van der Waals surface area contributed by atoms with Crippen LogP contribution in [0.1, 0.15) is 32.6 Å². The molecule has 2 rings (SSSR count). The molecule has 0 radical (unpaired) electrons. The third kappa shape index (κ3) is 3.09. The minimum absolute atomic E-state index is 0.238. The molecule has 1 aliphatic rings. The van der Waals surface area contributed by atoms with Crippen LogP contribution in [0.15, 0.2) is 11.5 Å². The second-order valence-electron chi connectivity index (χ2n) is 5.04. The van der Waals surface area contributed by atoms with Crippen LogP contribution in [0.2, 0.25) is 0 Å². The van der Waals surface area contributed by atoms with Crippen LogP contribution in [0, 0.1) is 0 Å². The molecule has 0 saturated heterocycles. The number of hydrogen-bond donors (Lipinski definition) is 2. The van der Waals surface area contributed by atoms with E-state index in [1.807, 2.05) is 18.5 Å². The lowest BCUT2D eigenvalue weighted by Crippen LogP contribution is -2.58. The molecule has 0 aliphatic heterocycles. The molecule has 1 fully saturated rings. The van der Waals surface area contributed by atoms with Gasteiger partial charge in [-0.15, -0.1) is 10.2 Å². The summed E-state index contributed by atoms with van der Waals surface area (Å²) >= 11 is 1.68. The minimum Gasteiger partial charge on any atom is -0.368 e. The molecule has 6 nitrogen and oxygen atoms in total. The Bertz CT molecular complexity index is 445. The van der Waals surface area contributed by atoms with Crippen molar-refractivity contribution in [2.24, 2.45) is 12.8 Å². The van der Waals surface area contributed by atoms with Crippen LogP contribution < -0.4 is 11.1 Å². The van der Waals surface area contributed by atoms with Crippen LogP contribution in [0.4, 0.5) is 0 Å². The maximum absolute atomic E-state index is 11.8. The normalized spacial score (nSPS) is 27.4. The van der Waals surface area contributed by atoms with Crippen LogP contribution in [0.3, 0.4) is 0 Å². The fourth-order valence-electron chi connectivity index (χ4n) is 2.66. The lowest BCUT2D eigenvalue weighted by Gasteiger charge is -2.38. The summed E-state index contributed by atoms with van der Waals surface area (Å²) in [5, 5.41) is 12.5. The van der Waals surface area contributed by atoms with Crippen molar-refractivity contribution in [2.45, 2.75) is 48.6 Å². The Hall–Kier alpha value is -1.08. The third-order valence-electron chi connectivity index (χ3n) is 3.63. The van der Waals surface area contributed by atoms with E-state index in [-0.39, 0.29) is 5.91 Å². The molecule has 1 saturated carbocycles. The Morgan fingerprint density at radius 2 is 2.53 bits per heavy atom. The second kappa shape index (κ2) is 5.92. The van der Waals surface area contributed by atoms with E-state index in [1.165, 1.54) is 0 Å². The number of amides is 1. The summed E-state index contributed by atoms with van der Waals surface area (Å²) in [7, 11) is 1.93. The number of nitrogens with two attached hydrogens (primary N) is 1. The van der Waals surface area contributed by atoms with Crippen LogP contribution in [0.5, 0.6) is 0 Å². The monoisotopic (exact) mass is 283 g/mol. The van der Waals surface area contributed by atoms with Gasteiger partial charge in [-0.25, -0.2) is 0 Å². The van der Waals surface area contributed by atoms with E-state index in [4.69, 9.17) is 5.73 Å². The van der Waals surface area contributed by atoms with Gasteiger partial charge in [-0.3, -0.25) is 4.79 Å². The lowest BCUT2D eigenvalue weighted by molar-refractivity contribution is -0.125. The second-order valence-corrected chi connectivity index (χ2v) is 6.30. The number of aromatic nitrogens is 3. The third-order valence-corrected chi connectivity index (χ3v) is 4.95. The number of carbonyl (C=O) groups excluding carboxylic acids is 1. The Morgan fingerprint density at radius 1 is 1.74 bits per heavy atom. The van der Waals surface area contributed by atoms with Gasteiger partial charge in [0.1, 0.15) is 6.33 Å². The number of nitrogens with zero attached hydrogens (tertiary/aromatic N) is 3. The highest BCUT2D eigenvalue weighted by Gasteiger charge is 2.41. The molecule has 2 atom stereocenters. The summed E-state index contributed by atoms with van der Waals surface area (Å²) in [6.07, 6.45) is 5.36. The molecule has 1 aromatic rings. The van der Waals surface area contributed by atoms with Gasteiger partial charge in [0, 0.05) is 12.3 Å². The molecule has 7 heteroatoms. The van der Waals surface area contributed by atoms with Crippen LogP contribution in [0.25, 0.3) is 0 Å². The van der Waals surface area contributed by atoms with Gasteiger partial charge >= 0.3 is 0 Å². The van der Waals surface area contributed by atoms with Crippen molar-refractivity contribution in [3.8, 4) is 0 Å². The Kier molecular flexibility index (Phi) is 4.46. The fourth-order valence-corrected chi connectivity index (χ4v) is 3.92. The predicted molar refractivity (Wildman–Crippen MR) is 74.7 cm³/mol. The van der Waals surface area contributed by atoms with E-state index in [2.05, 4.69) is 15.5 Å². The Morgan fingerprint density at radius 3 is 3.11 bits per heavy atom. The lowest BCUT2D eigenvalue weighted by atomic mass is 9.80. The molecule has 106 valence electrons. The van der Waals surface area contributed by atoms with E-state index in [0.717, 1.165) is 37.4 Å². The van der Waals surface area contributed by atoms with Gasteiger partial charge in [-0.1, -0.05) is 18.7 Å². The molecular weight excluding hydrogens is 262 g/mol. The molecule has 19 heavy (non-hydrogen) atoms. The molecule has 0 bridgehead atoms. The zero-order valence-corrected chi connectivity index (χ0v) is 12.2. The number of likely N-dealkylation sites (N-methyl/N-ethyl adjacent to an activating group) is 1. The molecule has 1 aliphatic carbocycles. The summed E-state index contributed by atoms with van der Waals surface area (Å²) in [5.74, 6) is -0.238. The van der Waals surface area contributed by atoms with Crippen molar-refractivity contribution >= 4 is 17.7 Å². The molecule has 1 amide bonds. The number of primary amides is 1. The van der Waals surface area contributed by atoms with Crippen molar-refractivity contribution in [1.29, 1.82) is 0 Å². The number of carbonyl (C=O) groups is 1. The predicted octanol–water partition coefficient (Wildman–Crippen LogP) is 0.683. The fraction of sp³-hybridized carbons (Fsp3) is 0.750. The quantitative estimate of drug-likeness (QED) is 0.830. The van der Waals surface area contributed by atoms with Gasteiger partial charge in [0.2, 0.25) is 5.91 Å². The van der Waals surface area contributed by atoms with E-state index < -0.39 is 5.54 Å². The van der Waals surface area contributed by atoms with Crippen molar-refractivity contribution in [3.63, 3.8) is 0 Å². The van der Waals surface area contributed by atoms with Crippen molar-refractivity contribution in [3.05, 3.63) is 6.33 Å². The average Bonchev–Trinajstić information content (AvgIpc) is 2.76. The molecule has 0 spiro atoms. The smallest absolute Gasteiger partial charge is 0.237 e. The maximum Gasteiger partial charge on any atom is 0.237 e. The summed E-state index contributed by atoms with van der Waals surface area (Å²) in [6, 6.07) is 0. The van der Waals surface area contributed by atoms with Gasteiger partial charge < -0.3 is 15.6 Å². The summed E-state index contributed by atoms with van der Waals surface area (Å²) < 4.78 is 1.90. The molecule has 1 aromatic heterocycles. The largest absolute Gasteiger partial charge is 0.368 e. The zero-order chi connectivity index (χ0) is 13.9. The summed E-state index contributed by atoms with van der Waals surface area (Å²) in [6.45, 7) is 2.76. The van der Waals surface area contributed by atoms with Crippen molar-refractivity contribution < 1.29 is 4.79 Å². The molecule has 3 N–H and O–H groups in total. The molecular formula is C12H21N5OS.